The third kappa shape index (κ3) is 4.36. The second-order valence-corrected chi connectivity index (χ2v) is 11.4. The molecule has 5 nitrogen and oxygen atoms in total. The van der Waals surface area contributed by atoms with Crippen molar-refractivity contribution in [1.29, 1.82) is 0 Å². The van der Waals surface area contributed by atoms with Crippen LogP contribution in [0.3, 0.4) is 0 Å². The van der Waals surface area contributed by atoms with Crippen LogP contribution in [0.2, 0.25) is 0 Å². The first kappa shape index (κ1) is 27.5. The van der Waals surface area contributed by atoms with Gasteiger partial charge in [0.05, 0.1) is 45.4 Å². The van der Waals surface area contributed by atoms with Crippen LogP contribution in [0.15, 0.2) is 159 Å². The van der Waals surface area contributed by atoms with Crippen LogP contribution in [-0.4, -0.2) is 31.5 Å². The molecule has 5 heterocycles. The molecule has 0 spiro atoms. The minimum Gasteiger partial charge on any atom is -0.361 e. The Labute approximate surface area is 268 Å². The minimum absolute atomic E-state index is 0.0698. The third-order valence-corrected chi connectivity index (χ3v) is 8.90. The summed E-state index contributed by atoms with van der Waals surface area (Å²) in [6.07, 6.45) is 5.67. The van der Waals surface area contributed by atoms with Crippen LogP contribution < -0.4 is 0 Å². The van der Waals surface area contributed by atoms with E-state index in [0.717, 1.165) is 72.8 Å². The minimum atomic E-state index is -0.0698. The maximum atomic E-state index is 5.18. The Hall–Kier alpha value is -6.07. The quantitative estimate of drug-likeness (QED) is 0.193. The molecule has 1 aliphatic heterocycles. The van der Waals surface area contributed by atoms with E-state index in [4.69, 9.17) is 9.97 Å². The summed E-state index contributed by atoms with van der Waals surface area (Å²) in [5.41, 5.74) is 13.3. The molecule has 0 N–H and O–H groups in total. The van der Waals surface area contributed by atoms with Crippen molar-refractivity contribution in [2.45, 2.75) is 6.04 Å². The van der Waals surface area contributed by atoms with Gasteiger partial charge in [-0.3, -0.25) is 4.98 Å². The number of nitrogens with zero attached hydrogens (tertiary/aromatic N) is 5. The second-order valence-electron chi connectivity index (χ2n) is 11.4. The van der Waals surface area contributed by atoms with Crippen LogP contribution in [0, 0.1) is 0 Å². The Bertz CT molecular complexity index is 2270. The van der Waals surface area contributed by atoms with Gasteiger partial charge in [-0.25, -0.2) is 9.97 Å². The molecule has 0 amide bonds. The van der Waals surface area contributed by atoms with Gasteiger partial charge < -0.3 is 9.47 Å². The molecule has 1 aliphatic rings. The third-order valence-electron chi connectivity index (χ3n) is 8.90. The van der Waals surface area contributed by atoms with Crippen LogP contribution >= 0.6 is 0 Å². The van der Waals surface area contributed by atoms with E-state index >= 15 is 0 Å². The van der Waals surface area contributed by atoms with Crippen molar-refractivity contribution in [1.82, 2.24) is 24.4 Å². The molecule has 46 heavy (non-hydrogen) atoms. The number of hydrogen-bond acceptors (Lipinski definition) is 4. The van der Waals surface area contributed by atoms with Crippen molar-refractivity contribution >= 4 is 27.5 Å². The number of pyridine rings is 3. The Morgan fingerprint density at radius 2 is 1.37 bits per heavy atom. The van der Waals surface area contributed by atoms with E-state index in [2.05, 4.69) is 138 Å². The number of aromatic nitrogens is 4. The molecule has 3 aromatic carbocycles. The van der Waals surface area contributed by atoms with Gasteiger partial charge in [0, 0.05) is 41.2 Å². The van der Waals surface area contributed by atoms with E-state index in [1.807, 2.05) is 36.5 Å². The first-order valence-electron chi connectivity index (χ1n) is 15.4. The zero-order valence-electron chi connectivity index (χ0n) is 25.5. The molecule has 5 heteroatoms. The Balaban J connectivity index is 1.15. The van der Waals surface area contributed by atoms with Crippen molar-refractivity contribution in [3.8, 4) is 28.3 Å². The SMILES string of the molecule is C=CC1=C(C=C)N(C)C(c2cccc(-c3cccc(-c4ccc(-n5c6ccccc6c6ncccc65)cc4)n3)n2)c2ccccc21. The van der Waals surface area contributed by atoms with Gasteiger partial charge >= 0.3 is 0 Å². The zero-order valence-corrected chi connectivity index (χ0v) is 25.5. The smallest absolute Gasteiger partial charge is 0.0969 e. The molecule has 0 saturated carbocycles. The summed E-state index contributed by atoms with van der Waals surface area (Å²) in [5, 5.41) is 1.15. The molecule has 220 valence electrons. The van der Waals surface area contributed by atoms with E-state index < -0.39 is 0 Å². The molecular weight excluding hydrogens is 562 g/mol. The fourth-order valence-corrected chi connectivity index (χ4v) is 6.81. The summed E-state index contributed by atoms with van der Waals surface area (Å²) in [4.78, 5) is 17.2. The lowest BCUT2D eigenvalue weighted by molar-refractivity contribution is 0.351. The summed E-state index contributed by atoms with van der Waals surface area (Å²) in [5.74, 6) is 0. The number of hydrogen-bond donors (Lipinski definition) is 0. The largest absolute Gasteiger partial charge is 0.361 e. The lowest BCUT2D eigenvalue weighted by atomic mass is 9.86. The van der Waals surface area contributed by atoms with Gasteiger partial charge in [-0.15, -0.1) is 0 Å². The van der Waals surface area contributed by atoms with Crippen LogP contribution in [-0.2, 0) is 0 Å². The van der Waals surface area contributed by atoms with Crippen LogP contribution in [0.25, 0.3) is 55.8 Å². The van der Waals surface area contributed by atoms with Crippen LogP contribution in [0.4, 0.5) is 0 Å². The number of fused-ring (bicyclic) bond motifs is 4. The molecule has 4 aromatic heterocycles. The normalized spacial score (nSPS) is 14.5. The molecule has 0 bridgehead atoms. The molecule has 1 unspecified atom stereocenters. The highest BCUT2D eigenvalue weighted by Gasteiger charge is 2.30. The molecule has 0 saturated heterocycles. The predicted molar refractivity (Wildman–Crippen MR) is 188 cm³/mol. The predicted octanol–water partition coefficient (Wildman–Crippen LogP) is 9.42. The first-order chi connectivity index (χ1) is 22.7. The van der Waals surface area contributed by atoms with E-state index in [1.54, 1.807) is 0 Å². The number of likely N-dealkylation sites (N-methyl/N-ethyl adjacent to an activating group) is 1. The van der Waals surface area contributed by atoms with E-state index in [9.17, 15) is 0 Å². The Morgan fingerprint density at radius 1 is 0.652 bits per heavy atom. The van der Waals surface area contributed by atoms with Crippen LogP contribution in [0.5, 0.6) is 0 Å². The summed E-state index contributed by atoms with van der Waals surface area (Å²) < 4.78 is 2.27. The molecule has 0 fully saturated rings. The summed E-state index contributed by atoms with van der Waals surface area (Å²) in [6, 6.07) is 41.8. The highest BCUT2D eigenvalue weighted by Crippen LogP contribution is 2.42. The highest BCUT2D eigenvalue weighted by atomic mass is 15.2. The lowest BCUT2D eigenvalue weighted by Gasteiger charge is -2.37. The molecular formula is C41H31N5. The van der Waals surface area contributed by atoms with Crippen molar-refractivity contribution < 1.29 is 0 Å². The number of benzene rings is 3. The Kier molecular flexibility index (Phi) is 6.65. The molecule has 7 aromatic rings. The number of allylic oxidation sites excluding steroid dienone is 3. The maximum Gasteiger partial charge on any atom is 0.0969 e. The van der Waals surface area contributed by atoms with Gasteiger partial charge in [0.25, 0.3) is 0 Å². The summed E-state index contributed by atoms with van der Waals surface area (Å²) in [7, 11) is 2.09. The van der Waals surface area contributed by atoms with E-state index in [0.29, 0.717) is 0 Å². The fourth-order valence-electron chi connectivity index (χ4n) is 6.81. The lowest BCUT2D eigenvalue weighted by Crippen LogP contribution is -2.30. The average Bonchev–Trinajstić information content (AvgIpc) is 3.45. The summed E-state index contributed by atoms with van der Waals surface area (Å²) in [6.45, 7) is 8.18. The van der Waals surface area contributed by atoms with Crippen molar-refractivity contribution in [3.63, 3.8) is 0 Å². The topological polar surface area (TPSA) is 46.8 Å². The maximum absolute atomic E-state index is 5.18. The fraction of sp³-hybridized carbons (Fsp3) is 0.0488. The van der Waals surface area contributed by atoms with Gasteiger partial charge in [0.2, 0.25) is 0 Å². The standard InChI is InChI=1S/C41H31N5/c1-4-29-30-13-6-7-14-31(30)41(45(3)37(29)5-2)36-19-11-18-35(44-36)34-17-10-16-33(43-34)27-22-24-28(25-23-27)46-38-20-9-8-15-32(38)40-39(46)21-12-26-42-40/h4-26,41H,1-2H2,3H3. The van der Waals surface area contributed by atoms with Crippen LogP contribution in [0.1, 0.15) is 22.9 Å². The van der Waals surface area contributed by atoms with Crippen molar-refractivity contribution in [3.05, 3.63) is 175 Å². The second kappa shape index (κ2) is 11.1. The zero-order chi connectivity index (χ0) is 31.2. The monoisotopic (exact) mass is 593 g/mol. The van der Waals surface area contributed by atoms with Gasteiger partial charge in [-0.2, -0.15) is 0 Å². The average molecular weight is 594 g/mol. The summed E-state index contributed by atoms with van der Waals surface area (Å²) >= 11 is 0. The van der Waals surface area contributed by atoms with Gasteiger partial charge in [-0.1, -0.05) is 86.0 Å². The van der Waals surface area contributed by atoms with E-state index in [-0.39, 0.29) is 6.04 Å². The van der Waals surface area contributed by atoms with Gasteiger partial charge in [0.15, 0.2) is 0 Å². The molecule has 0 aliphatic carbocycles. The number of rotatable bonds is 6. The highest BCUT2D eigenvalue weighted by molar-refractivity contribution is 6.06. The van der Waals surface area contributed by atoms with E-state index in [1.165, 1.54) is 5.56 Å². The first-order valence-corrected chi connectivity index (χ1v) is 15.4. The number of para-hydroxylation sites is 1. The molecule has 1 atom stereocenters. The van der Waals surface area contributed by atoms with Crippen molar-refractivity contribution in [2.75, 3.05) is 7.05 Å². The Morgan fingerprint density at radius 3 is 2.20 bits per heavy atom. The molecule has 0 radical (unpaired) electrons. The molecule has 8 rings (SSSR count). The van der Waals surface area contributed by atoms with Gasteiger partial charge in [-0.05, 0) is 71.8 Å². The van der Waals surface area contributed by atoms with Crippen molar-refractivity contribution in [2.24, 2.45) is 0 Å². The van der Waals surface area contributed by atoms with Gasteiger partial charge in [0.1, 0.15) is 0 Å².